The molecule has 1 aliphatic heterocycles. The van der Waals surface area contributed by atoms with Gasteiger partial charge in [-0.05, 0) is 37.6 Å². The third kappa shape index (κ3) is 5.85. The number of hydrogen-bond donors (Lipinski definition) is 1. The summed E-state index contributed by atoms with van der Waals surface area (Å²) < 4.78 is 10.8. The van der Waals surface area contributed by atoms with Crippen molar-refractivity contribution in [2.75, 3.05) is 56.2 Å². The molecule has 0 atom stereocenters. The summed E-state index contributed by atoms with van der Waals surface area (Å²) in [5.41, 5.74) is 0.625. The number of pyridine rings is 1. The van der Waals surface area contributed by atoms with Crippen molar-refractivity contribution in [1.29, 1.82) is 0 Å². The highest BCUT2D eigenvalue weighted by Gasteiger charge is 2.17. The number of ether oxygens (including phenoxy) is 2. The maximum Gasteiger partial charge on any atom is 0.411 e. The fourth-order valence-electron chi connectivity index (χ4n) is 3.19. The van der Waals surface area contributed by atoms with Gasteiger partial charge in [0, 0.05) is 38.9 Å². The lowest BCUT2D eigenvalue weighted by Crippen LogP contribution is -2.47. The molecule has 1 aromatic carbocycles. The smallest absolute Gasteiger partial charge is 0.411 e. The number of benzene rings is 1. The first-order valence-corrected chi connectivity index (χ1v) is 9.80. The molecule has 28 heavy (non-hydrogen) atoms. The summed E-state index contributed by atoms with van der Waals surface area (Å²) in [6.45, 7) is 7.67. The van der Waals surface area contributed by atoms with Crippen LogP contribution in [-0.4, -0.2) is 61.9 Å². The van der Waals surface area contributed by atoms with Gasteiger partial charge < -0.3 is 14.4 Å². The third-order valence-electron chi connectivity index (χ3n) is 4.62. The Kier molecular flexibility index (Phi) is 7.49. The van der Waals surface area contributed by atoms with Crippen molar-refractivity contribution in [2.24, 2.45) is 0 Å². The van der Waals surface area contributed by atoms with Crippen LogP contribution in [0.1, 0.15) is 13.3 Å². The van der Waals surface area contributed by atoms with Crippen LogP contribution in [0.4, 0.5) is 16.3 Å². The number of carbonyl (C=O) groups is 1. The highest BCUT2D eigenvalue weighted by atomic mass is 16.5. The van der Waals surface area contributed by atoms with Crippen LogP contribution in [0.15, 0.2) is 48.7 Å². The van der Waals surface area contributed by atoms with Crippen molar-refractivity contribution < 1.29 is 14.3 Å². The van der Waals surface area contributed by atoms with Gasteiger partial charge in [0.15, 0.2) is 0 Å². The Morgan fingerprint density at radius 3 is 2.64 bits per heavy atom. The first-order chi connectivity index (χ1) is 13.8. The normalized spacial score (nSPS) is 14.5. The average molecular weight is 384 g/mol. The van der Waals surface area contributed by atoms with Crippen LogP contribution in [-0.2, 0) is 4.74 Å². The summed E-state index contributed by atoms with van der Waals surface area (Å²) in [4.78, 5) is 21.1. The average Bonchev–Trinajstić information content (AvgIpc) is 2.74. The van der Waals surface area contributed by atoms with E-state index in [4.69, 9.17) is 9.47 Å². The topological polar surface area (TPSA) is 66.9 Å². The van der Waals surface area contributed by atoms with Gasteiger partial charge in [0.05, 0.1) is 18.9 Å². The summed E-state index contributed by atoms with van der Waals surface area (Å²) in [5.74, 6) is 1.68. The van der Waals surface area contributed by atoms with E-state index in [1.807, 2.05) is 49.5 Å². The summed E-state index contributed by atoms with van der Waals surface area (Å²) in [6, 6.07) is 13.3. The molecule has 3 rings (SSSR count). The molecule has 1 amide bonds. The minimum atomic E-state index is -0.452. The Balaban J connectivity index is 1.32. The zero-order valence-electron chi connectivity index (χ0n) is 16.3. The van der Waals surface area contributed by atoms with Crippen LogP contribution in [0.25, 0.3) is 0 Å². The minimum Gasteiger partial charge on any atom is -0.492 e. The number of nitrogens with zero attached hydrogens (tertiary/aromatic N) is 3. The molecular weight excluding hydrogens is 356 g/mol. The fraction of sp³-hybridized carbons (Fsp3) is 0.429. The van der Waals surface area contributed by atoms with E-state index >= 15 is 0 Å². The summed E-state index contributed by atoms with van der Waals surface area (Å²) in [7, 11) is 0. The molecule has 2 aromatic rings. The zero-order chi connectivity index (χ0) is 19.6. The molecule has 1 saturated heterocycles. The number of rotatable bonds is 8. The molecule has 0 saturated carbocycles. The van der Waals surface area contributed by atoms with E-state index in [-0.39, 0.29) is 0 Å². The summed E-state index contributed by atoms with van der Waals surface area (Å²) in [5, 5.41) is 2.74. The molecule has 1 aliphatic rings. The Bertz CT molecular complexity index is 733. The third-order valence-corrected chi connectivity index (χ3v) is 4.62. The van der Waals surface area contributed by atoms with Gasteiger partial charge in [-0.2, -0.15) is 0 Å². The molecule has 150 valence electrons. The van der Waals surface area contributed by atoms with Crippen LogP contribution in [0.2, 0.25) is 0 Å². The second-order valence-electron chi connectivity index (χ2n) is 6.56. The second-order valence-corrected chi connectivity index (χ2v) is 6.56. The van der Waals surface area contributed by atoms with Crippen LogP contribution < -0.4 is 15.0 Å². The van der Waals surface area contributed by atoms with Crippen molar-refractivity contribution in [2.45, 2.75) is 13.3 Å². The van der Waals surface area contributed by atoms with Gasteiger partial charge in [-0.1, -0.05) is 18.2 Å². The number of hydrogen-bond acceptors (Lipinski definition) is 6. The Morgan fingerprint density at radius 2 is 1.89 bits per heavy atom. The van der Waals surface area contributed by atoms with E-state index in [1.165, 1.54) is 0 Å². The van der Waals surface area contributed by atoms with E-state index in [1.54, 1.807) is 6.07 Å². The van der Waals surface area contributed by atoms with Gasteiger partial charge >= 0.3 is 6.09 Å². The van der Waals surface area contributed by atoms with E-state index in [0.29, 0.717) is 24.7 Å². The number of piperazine rings is 1. The molecule has 7 nitrogen and oxygen atoms in total. The van der Waals surface area contributed by atoms with E-state index in [2.05, 4.69) is 20.1 Å². The standard InChI is InChI=1S/C21H28N4O3/c1-2-27-19-9-4-3-8-18(19)23-21(26)28-17-7-12-24-13-15-25(16-14-24)20-10-5-6-11-22-20/h3-6,8-11H,2,7,12-17H2,1H3,(H,23,26). The fourth-order valence-corrected chi connectivity index (χ4v) is 3.19. The van der Waals surface area contributed by atoms with Gasteiger partial charge in [0.25, 0.3) is 0 Å². The number of aromatic nitrogens is 1. The highest BCUT2D eigenvalue weighted by Crippen LogP contribution is 2.23. The molecule has 0 unspecified atom stereocenters. The predicted molar refractivity (Wildman–Crippen MR) is 110 cm³/mol. The van der Waals surface area contributed by atoms with Crippen molar-refractivity contribution in [3.05, 3.63) is 48.7 Å². The number of anilines is 2. The molecular formula is C21H28N4O3. The van der Waals surface area contributed by atoms with Crippen molar-refractivity contribution in [1.82, 2.24) is 9.88 Å². The van der Waals surface area contributed by atoms with Gasteiger partial charge in [-0.3, -0.25) is 10.2 Å². The van der Waals surface area contributed by atoms with Gasteiger partial charge in [0.1, 0.15) is 11.6 Å². The first-order valence-electron chi connectivity index (χ1n) is 9.80. The van der Waals surface area contributed by atoms with E-state index in [9.17, 15) is 4.79 Å². The van der Waals surface area contributed by atoms with Crippen LogP contribution in [0.3, 0.4) is 0 Å². The van der Waals surface area contributed by atoms with Crippen LogP contribution in [0, 0.1) is 0 Å². The monoisotopic (exact) mass is 384 g/mol. The minimum absolute atomic E-state index is 0.392. The lowest BCUT2D eigenvalue weighted by atomic mass is 10.3. The second kappa shape index (κ2) is 10.5. The number of nitrogens with one attached hydrogen (secondary N) is 1. The van der Waals surface area contributed by atoms with Crippen LogP contribution >= 0.6 is 0 Å². The molecule has 0 bridgehead atoms. The quantitative estimate of drug-likeness (QED) is 0.705. The van der Waals surface area contributed by atoms with E-state index in [0.717, 1.165) is 45.0 Å². The van der Waals surface area contributed by atoms with Crippen molar-refractivity contribution in [3.8, 4) is 5.75 Å². The summed E-state index contributed by atoms with van der Waals surface area (Å²) in [6.07, 6.45) is 2.19. The predicted octanol–water partition coefficient (Wildman–Crippen LogP) is 3.24. The van der Waals surface area contributed by atoms with Gasteiger partial charge in [0.2, 0.25) is 0 Å². The Labute approximate surface area is 166 Å². The van der Waals surface area contributed by atoms with Crippen LogP contribution in [0.5, 0.6) is 5.75 Å². The molecule has 0 aliphatic carbocycles. The molecule has 0 spiro atoms. The molecule has 0 radical (unpaired) electrons. The maximum atomic E-state index is 12.0. The molecule has 1 N–H and O–H groups in total. The SMILES string of the molecule is CCOc1ccccc1NC(=O)OCCCN1CCN(c2ccccn2)CC1. The van der Waals surface area contributed by atoms with Crippen molar-refractivity contribution >= 4 is 17.6 Å². The van der Waals surface area contributed by atoms with Crippen molar-refractivity contribution in [3.63, 3.8) is 0 Å². The lowest BCUT2D eigenvalue weighted by Gasteiger charge is -2.35. The van der Waals surface area contributed by atoms with Gasteiger partial charge in [-0.15, -0.1) is 0 Å². The highest BCUT2D eigenvalue weighted by molar-refractivity contribution is 5.86. The lowest BCUT2D eigenvalue weighted by molar-refractivity contribution is 0.150. The molecule has 1 aromatic heterocycles. The Hall–Kier alpha value is -2.80. The molecule has 2 heterocycles. The number of amides is 1. The largest absolute Gasteiger partial charge is 0.492 e. The maximum absolute atomic E-state index is 12.0. The number of para-hydroxylation sites is 2. The molecule has 7 heteroatoms. The zero-order valence-corrected chi connectivity index (χ0v) is 16.3. The summed E-state index contributed by atoms with van der Waals surface area (Å²) >= 11 is 0. The molecule has 1 fully saturated rings. The first kappa shape index (κ1) is 19.9. The Morgan fingerprint density at radius 1 is 1.11 bits per heavy atom. The number of carbonyl (C=O) groups excluding carboxylic acids is 1. The van der Waals surface area contributed by atoms with E-state index < -0.39 is 6.09 Å². The van der Waals surface area contributed by atoms with Gasteiger partial charge in [-0.25, -0.2) is 9.78 Å².